The number of hydrogen-bond donors (Lipinski definition) is 2. The van der Waals surface area contributed by atoms with Crippen molar-refractivity contribution in [2.45, 2.75) is 25.3 Å². The number of fused-ring (bicyclic) bond motifs is 1. The fourth-order valence-corrected chi connectivity index (χ4v) is 3.32. The molecule has 1 fully saturated rings. The van der Waals surface area contributed by atoms with E-state index in [0.717, 1.165) is 36.3 Å². The number of halogens is 1. The Morgan fingerprint density at radius 3 is 3.05 bits per heavy atom. The van der Waals surface area contributed by atoms with E-state index in [9.17, 15) is 4.79 Å². The summed E-state index contributed by atoms with van der Waals surface area (Å²) in [5, 5.41) is 7.27. The second-order valence-corrected chi connectivity index (χ2v) is 5.88. The van der Waals surface area contributed by atoms with Crippen LogP contribution in [0.5, 0.6) is 0 Å². The van der Waals surface area contributed by atoms with Crippen LogP contribution in [0.1, 0.15) is 17.8 Å². The molecule has 0 bridgehead atoms. The fraction of sp³-hybridized carbons (Fsp3) is 0.429. The largest absolute Gasteiger partial charge is 0.354 e. The fourth-order valence-electron chi connectivity index (χ4n) is 2.35. The van der Waals surface area contributed by atoms with Crippen LogP contribution in [0.15, 0.2) is 24.3 Å². The maximum atomic E-state index is 11.8. The van der Waals surface area contributed by atoms with Crippen LogP contribution in [-0.2, 0) is 11.2 Å². The normalized spacial score (nSPS) is 17.9. The Bertz CT molecular complexity index is 548. The van der Waals surface area contributed by atoms with Gasteiger partial charge in [0.15, 0.2) is 0 Å². The molecule has 1 aromatic carbocycles. The topological polar surface area (TPSA) is 54.0 Å². The molecule has 1 aliphatic heterocycles. The second kappa shape index (κ2) is 7.02. The quantitative estimate of drug-likeness (QED) is 0.909. The Balaban J connectivity index is 0.00000147. The number of hydrogen-bond acceptors (Lipinski definition) is 4. The zero-order valence-corrected chi connectivity index (χ0v) is 12.7. The van der Waals surface area contributed by atoms with Gasteiger partial charge in [0.2, 0.25) is 5.91 Å². The number of nitrogens with zero attached hydrogens (tertiary/aromatic N) is 1. The van der Waals surface area contributed by atoms with Crippen LogP contribution in [0.2, 0.25) is 0 Å². The summed E-state index contributed by atoms with van der Waals surface area (Å²) < 4.78 is 1.21. The minimum Gasteiger partial charge on any atom is -0.354 e. The lowest BCUT2D eigenvalue weighted by atomic mass is 10.2. The Hall–Kier alpha value is -1.17. The smallest absolute Gasteiger partial charge is 0.237 e. The van der Waals surface area contributed by atoms with Crippen LogP contribution in [-0.4, -0.2) is 30.0 Å². The van der Waals surface area contributed by atoms with Gasteiger partial charge >= 0.3 is 0 Å². The van der Waals surface area contributed by atoms with E-state index in [0.29, 0.717) is 6.54 Å². The third kappa shape index (κ3) is 3.48. The molecule has 20 heavy (non-hydrogen) atoms. The SMILES string of the molecule is Cl.O=C(NCCc1nc2ccccc2s1)[C@@H]1CCCN1. The molecule has 6 heteroatoms. The molecule has 2 aromatic rings. The first kappa shape index (κ1) is 15.2. The number of aromatic nitrogens is 1. The van der Waals surface area contributed by atoms with Crippen LogP contribution in [0.25, 0.3) is 10.2 Å². The summed E-state index contributed by atoms with van der Waals surface area (Å²) in [5.74, 6) is 0.124. The molecule has 108 valence electrons. The van der Waals surface area contributed by atoms with E-state index in [2.05, 4.69) is 21.7 Å². The molecule has 2 heterocycles. The lowest BCUT2D eigenvalue weighted by Crippen LogP contribution is -2.41. The van der Waals surface area contributed by atoms with Crippen molar-refractivity contribution in [3.8, 4) is 0 Å². The van der Waals surface area contributed by atoms with Gasteiger partial charge in [0.05, 0.1) is 21.3 Å². The molecule has 1 atom stereocenters. The van der Waals surface area contributed by atoms with Gasteiger partial charge in [-0.1, -0.05) is 12.1 Å². The van der Waals surface area contributed by atoms with E-state index in [4.69, 9.17) is 0 Å². The van der Waals surface area contributed by atoms with Gasteiger partial charge in [-0.3, -0.25) is 4.79 Å². The average Bonchev–Trinajstić information content (AvgIpc) is 3.07. The molecule has 1 amide bonds. The Morgan fingerprint density at radius 2 is 2.30 bits per heavy atom. The first-order chi connectivity index (χ1) is 9.33. The van der Waals surface area contributed by atoms with E-state index in [-0.39, 0.29) is 24.4 Å². The molecule has 4 nitrogen and oxygen atoms in total. The van der Waals surface area contributed by atoms with E-state index >= 15 is 0 Å². The monoisotopic (exact) mass is 311 g/mol. The number of benzene rings is 1. The highest BCUT2D eigenvalue weighted by atomic mass is 35.5. The standard InChI is InChI=1S/C14H17N3OS.ClH/c18-14(11-5-3-8-15-11)16-9-7-13-17-10-4-1-2-6-12(10)19-13;/h1-2,4,6,11,15H,3,5,7-9H2,(H,16,18);1H/t11-;/m0./s1. The number of thiazole rings is 1. The summed E-state index contributed by atoms with van der Waals surface area (Å²) >= 11 is 1.70. The molecule has 1 saturated heterocycles. The summed E-state index contributed by atoms with van der Waals surface area (Å²) in [7, 11) is 0. The molecular weight excluding hydrogens is 294 g/mol. The van der Waals surface area contributed by atoms with Crippen molar-refractivity contribution < 1.29 is 4.79 Å². The Kier molecular flexibility index (Phi) is 5.34. The lowest BCUT2D eigenvalue weighted by molar-refractivity contribution is -0.122. The first-order valence-corrected chi connectivity index (χ1v) is 7.50. The molecule has 1 aliphatic rings. The third-order valence-corrected chi connectivity index (χ3v) is 4.45. The van der Waals surface area contributed by atoms with Crippen LogP contribution < -0.4 is 10.6 Å². The maximum absolute atomic E-state index is 11.8. The molecule has 3 rings (SSSR count). The number of rotatable bonds is 4. The number of para-hydroxylation sites is 1. The molecule has 0 radical (unpaired) electrons. The van der Waals surface area contributed by atoms with Gasteiger partial charge in [0.25, 0.3) is 0 Å². The van der Waals surface area contributed by atoms with Gasteiger partial charge in [-0.25, -0.2) is 4.98 Å². The van der Waals surface area contributed by atoms with E-state index in [1.165, 1.54) is 4.70 Å². The number of carbonyl (C=O) groups excluding carboxylic acids is 1. The second-order valence-electron chi connectivity index (χ2n) is 4.77. The summed E-state index contributed by atoms with van der Waals surface area (Å²) in [6.07, 6.45) is 2.85. The minimum atomic E-state index is 0. The van der Waals surface area contributed by atoms with Crippen LogP contribution in [0.4, 0.5) is 0 Å². The van der Waals surface area contributed by atoms with Crippen molar-refractivity contribution >= 4 is 39.9 Å². The molecule has 0 spiro atoms. The van der Waals surface area contributed by atoms with Crippen LogP contribution in [0.3, 0.4) is 0 Å². The summed E-state index contributed by atoms with van der Waals surface area (Å²) in [6, 6.07) is 8.14. The zero-order chi connectivity index (χ0) is 13.1. The predicted molar refractivity (Wildman–Crippen MR) is 84.6 cm³/mol. The van der Waals surface area contributed by atoms with E-state index < -0.39 is 0 Å². The van der Waals surface area contributed by atoms with Gasteiger partial charge in [-0.05, 0) is 31.5 Å². The molecule has 2 N–H and O–H groups in total. The lowest BCUT2D eigenvalue weighted by Gasteiger charge is -2.09. The molecule has 0 saturated carbocycles. The van der Waals surface area contributed by atoms with E-state index in [1.54, 1.807) is 11.3 Å². The molecule has 0 aliphatic carbocycles. The number of carbonyl (C=O) groups is 1. The Labute approximate surface area is 128 Å². The third-order valence-electron chi connectivity index (χ3n) is 3.35. The summed E-state index contributed by atoms with van der Waals surface area (Å²) in [5.41, 5.74) is 1.05. The predicted octanol–water partition coefficient (Wildman–Crippen LogP) is 2.13. The van der Waals surface area contributed by atoms with Gasteiger partial charge in [-0.15, -0.1) is 23.7 Å². The van der Waals surface area contributed by atoms with Crippen molar-refractivity contribution in [1.29, 1.82) is 0 Å². The highest BCUT2D eigenvalue weighted by Gasteiger charge is 2.21. The van der Waals surface area contributed by atoms with Crippen molar-refractivity contribution in [2.24, 2.45) is 0 Å². The first-order valence-electron chi connectivity index (χ1n) is 6.68. The highest BCUT2D eigenvalue weighted by Crippen LogP contribution is 2.21. The van der Waals surface area contributed by atoms with Crippen molar-refractivity contribution in [3.63, 3.8) is 0 Å². The van der Waals surface area contributed by atoms with Crippen molar-refractivity contribution in [3.05, 3.63) is 29.3 Å². The summed E-state index contributed by atoms with van der Waals surface area (Å²) in [6.45, 7) is 1.62. The van der Waals surface area contributed by atoms with Gasteiger partial charge in [0.1, 0.15) is 0 Å². The van der Waals surface area contributed by atoms with Gasteiger partial charge in [-0.2, -0.15) is 0 Å². The summed E-state index contributed by atoms with van der Waals surface area (Å²) in [4.78, 5) is 16.4. The molecule has 1 aromatic heterocycles. The average molecular weight is 312 g/mol. The maximum Gasteiger partial charge on any atom is 0.237 e. The van der Waals surface area contributed by atoms with Gasteiger partial charge in [0, 0.05) is 13.0 Å². The van der Waals surface area contributed by atoms with E-state index in [1.807, 2.05) is 18.2 Å². The molecular formula is C14H18ClN3OS. The number of nitrogens with one attached hydrogen (secondary N) is 2. The van der Waals surface area contributed by atoms with Crippen molar-refractivity contribution in [2.75, 3.05) is 13.1 Å². The van der Waals surface area contributed by atoms with Gasteiger partial charge < -0.3 is 10.6 Å². The Morgan fingerprint density at radius 1 is 1.45 bits per heavy atom. The number of amides is 1. The zero-order valence-electron chi connectivity index (χ0n) is 11.1. The molecule has 0 unspecified atom stereocenters. The van der Waals surface area contributed by atoms with Crippen LogP contribution in [0, 0.1) is 0 Å². The minimum absolute atomic E-state index is 0. The van der Waals surface area contributed by atoms with Crippen LogP contribution >= 0.6 is 23.7 Å². The highest BCUT2D eigenvalue weighted by molar-refractivity contribution is 7.18. The van der Waals surface area contributed by atoms with Crippen molar-refractivity contribution in [1.82, 2.24) is 15.6 Å².